The van der Waals surface area contributed by atoms with Crippen LogP contribution in [-0.4, -0.2) is 70.6 Å². The van der Waals surface area contributed by atoms with Crippen molar-refractivity contribution in [2.75, 3.05) is 13.2 Å². The van der Waals surface area contributed by atoms with Crippen LogP contribution >= 0.6 is 0 Å². The smallest absolute Gasteiger partial charge is 0.417 e. The normalized spacial score (nSPS) is 20.4. The van der Waals surface area contributed by atoms with E-state index in [-0.39, 0.29) is 6.61 Å². The zero-order valence-electron chi connectivity index (χ0n) is 17.7. The number of halogens is 3. The second-order valence-electron chi connectivity index (χ2n) is 8.18. The summed E-state index contributed by atoms with van der Waals surface area (Å²) < 4.78 is 45.9. The fourth-order valence-electron chi connectivity index (χ4n) is 4.50. The Morgan fingerprint density at radius 3 is 2.15 bits per heavy atom. The summed E-state index contributed by atoms with van der Waals surface area (Å²) in [5, 5.41) is 20.4. The van der Waals surface area contributed by atoms with Gasteiger partial charge in [0.15, 0.2) is 0 Å². The van der Waals surface area contributed by atoms with Gasteiger partial charge < -0.3 is 25.2 Å². The topological polar surface area (TPSA) is 116 Å². The van der Waals surface area contributed by atoms with E-state index in [1.807, 2.05) is 36.4 Å². The first kappa shape index (κ1) is 23.6. The number of rotatable bonds is 5. The number of aliphatic hydroxyl groups excluding tert-OH is 1. The lowest BCUT2D eigenvalue weighted by Crippen LogP contribution is -2.58. The summed E-state index contributed by atoms with van der Waals surface area (Å²) in [5.41, 5.74) is 3.58. The molecule has 34 heavy (non-hydrogen) atoms. The van der Waals surface area contributed by atoms with Crippen molar-refractivity contribution in [2.24, 2.45) is 0 Å². The number of hydrogen-bond donors (Lipinski definition) is 3. The Bertz CT molecular complexity index is 1080. The maximum Gasteiger partial charge on any atom is 0.417 e. The van der Waals surface area contributed by atoms with Gasteiger partial charge in [0.2, 0.25) is 6.04 Å². The van der Waals surface area contributed by atoms with Crippen molar-refractivity contribution in [3.63, 3.8) is 0 Å². The minimum atomic E-state index is -5.21. The number of benzene rings is 2. The molecule has 0 aromatic heterocycles. The molecule has 1 saturated heterocycles. The Morgan fingerprint density at radius 2 is 1.62 bits per heavy atom. The number of carboxylic acids is 1. The third-order valence-electron chi connectivity index (χ3n) is 6.03. The number of carbonyl (C=O) groups excluding carboxylic acids is 2. The van der Waals surface area contributed by atoms with Crippen LogP contribution in [0.3, 0.4) is 0 Å². The maximum absolute atomic E-state index is 13.6. The second kappa shape index (κ2) is 8.98. The minimum Gasteiger partial charge on any atom is -0.480 e. The number of β-amino-alcohol motifs (C(OH)–C–C–N with tert-alkyl or cyclic N) is 1. The van der Waals surface area contributed by atoms with Gasteiger partial charge in [0, 0.05) is 18.9 Å². The van der Waals surface area contributed by atoms with Crippen molar-refractivity contribution in [3.05, 3.63) is 59.7 Å². The first-order valence-corrected chi connectivity index (χ1v) is 10.5. The molecule has 1 fully saturated rings. The van der Waals surface area contributed by atoms with Gasteiger partial charge in [-0.1, -0.05) is 48.5 Å². The van der Waals surface area contributed by atoms with Crippen molar-refractivity contribution in [1.29, 1.82) is 0 Å². The summed E-state index contributed by atoms with van der Waals surface area (Å²) >= 11 is 0. The van der Waals surface area contributed by atoms with Crippen LogP contribution in [0.4, 0.5) is 18.0 Å². The quantitative estimate of drug-likeness (QED) is 0.608. The van der Waals surface area contributed by atoms with Crippen LogP contribution in [0, 0.1) is 0 Å². The van der Waals surface area contributed by atoms with Crippen LogP contribution in [0.5, 0.6) is 0 Å². The van der Waals surface area contributed by atoms with Gasteiger partial charge in [0.1, 0.15) is 12.6 Å². The van der Waals surface area contributed by atoms with Crippen molar-refractivity contribution in [1.82, 2.24) is 10.2 Å². The molecular formula is C23H21F3N2O6. The number of likely N-dealkylation sites (tertiary alicyclic amines) is 1. The lowest BCUT2D eigenvalue weighted by atomic mass is 9.98. The van der Waals surface area contributed by atoms with Gasteiger partial charge in [0.05, 0.1) is 6.10 Å². The van der Waals surface area contributed by atoms with Gasteiger partial charge in [-0.25, -0.2) is 9.59 Å². The molecule has 11 heteroatoms. The number of carbonyl (C=O) groups is 3. The number of amides is 2. The van der Waals surface area contributed by atoms with E-state index in [9.17, 15) is 37.8 Å². The van der Waals surface area contributed by atoms with Crippen LogP contribution in [0.1, 0.15) is 23.5 Å². The number of aliphatic carboxylic acids is 1. The highest BCUT2D eigenvalue weighted by molar-refractivity contribution is 5.90. The molecule has 4 rings (SSSR count). The van der Waals surface area contributed by atoms with E-state index in [1.54, 1.807) is 12.1 Å². The molecule has 1 aliphatic carbocycles. The van der Waals surface area contributed by atoms with E-state index >= 15 is 0 Å². The molecule has 180 valence electrons. The van der Waals surface area contributed by atoms with Crippen LogP contribution in [0.25, 0.3) is 11.1 Å². The standard InChI is InChI=1S/C23H21F3N2O6/c24-23(25,26)19(20(30)28-10-12(29)9-18(28)21(31)32)27-22(33)34-11-17-15-7-3-1-5-13(15)14-6-2-4-8-16(14)17/h1-8,12,17-19,29H,9-11H2,(H,27,33)(H,31,32)/t12-,18-,19?/m0/s1. The Kier molecular flexibility index (Phi) is 6.22. The molecule has 3 atom stereocenters. The van der Waals surface area contributed by atoms with Crippen molar-refractivity contribution in [2.45, 2.75) is 36.7 Å². The number of carboxylic acid groups (broad SMARTS) is 1. The summed E-state index contributed by atoms with van der Waals surface area (Å²) in [7, 11) is 0. The summed E-state index contributed by atoms with van der Waals surface area (Å²) in [4.78, 5) is 36.6. The van der Waals surface area contributed by atoms with E-state index in [0.717, 1.165) is 22.3 Å². The number of nitrogens with one attached hydrogen (secondary N) is 1. The molecule has 8 nitrogen and oxygen atoms in total. The van der Waals surface area contributed by atoms with Gasteiger partial charge in [-0.2, -0.15) is 13.2 Å². The van der Waals surface area contributed by atoms with E-state index in [0.29, 0.717) is 4.90 Å². The Morgan fingerprint density at radius 1 is 1.06 bits per heavy atom. The van der Waals surface area contributed by atoms with Gasteiger partial charge in [-0.05, 0) is 22.3 Å². The predicted molar refractivity (Wildman–Crippen MR) is 112 cm³/mol. The molecule has 1 aliphatic heterocycles. The Balaban J connectivity index is 1.48. The monoisotopic (exact) mass is 478 g/mol. The van der Waals surface area contributed by atoms with Crippen LogP contribution < -0.4 is 5.32 Å². The minimum absolute atomic E-state index is 0.265. The average molecular weight is 478 g/mol. The van der Waals surface area contributed by atoms with Gasteiger partial charge in [0.25, 0.3) is 5.91 Å². The van der Waals surface area contributed by atoms with E-state index in [4.69, 9.17) is 4.74 Å². The first-order chi connectivity index (χ1) is 16.1. The van der Waals surface area contributed by atoms with Crippen LogP contribution in [0.2, 0.25) is 0 Å². The Labute approximate surface area is 191 Å². The third-order valence-corrected chi connectivity index (χ3v) is 6.03. The van der Waals surface area contributed by atoms with Crippen molar-refractivity contribution in [3.8, 4) is 11.1 Å². The number of alkyl carbamates (subject to hydrolysis) is 1. The van der Waals surface area contributed by atoms with E-state index in [1.165, 1.54) is 5.32 Å². The second-order valence-corrected chi connectivity index (χ2v) is 8.18. The van der Waals surface area contributed by atoms with Crippen LogP contribution in [0.15, 0.2) is 48.5 Å². The highest BCUT2D eigenvalue weighted by Crippen LogP contribution is 2.44. The molecule has 2 aliphatic rings. The number of fused-ring (bicyclic) bond motifs is 3. The molecule has 2 amide bonds. The number of ether oxygens (including phenoxy) is 1. The summed E-state index contributed by atoms with van der Waals surface area (Å²) in [6, 6.07) is 10.1. The molecule has 2 aromatic rings. The van der Waals surface area contributed by atoms with Crippen molar-refractivity contribution >= 4 is 18.0 Å². The summed E-state index contributed by atoms with van der Waals surface area (Å²) in [6.45, 7) is -0.854. The number of aliphatic hydroxyl groups is 1. The molecular weight excluding hydrogens is 457 g/mol. The highest BCUT2D eigenvalue weighted by Gasteiger charge is 2.51. The molecule has 2 aromatic carbocycles. The number of nitrogens with zero attached hydrogens (tertiary/aromatic N) is 1. The van der Waals surface area contributed by atoms with Gasteiger partial charge in [-0.3, -0.25) is 4.79 Å². The highest BCUT2D eigenvalue weighted by atomic mass is 19.4. The van der Waals surface area contributed by atoms with Gasteiger partial charge >= 0.3 is 18.2 Å². The number of hydrogen-bond acceptors (Lipinski definition) is 5. The summed E-state index contributed by atoms with van der Waals surface area (Å²) in [6.07, 6.45) is -8.37. The molecule has 1 heterocycles. The average Bonchev–Trinajstić information content (AvgIpc) is 3.33. The van der Waals surface area contributed by atoms with Crippen LogP contribution in [-0.2, 0) is 14.3 Å². The fraction of sp³-hybridized carbons (Fsp3) is 0.348. The zero-order chi connectivity index (χ0) is 24.6. The van der Waals surface area contributed by atoms with Gasteiger partial charge in [-0.15, -0.1) is 0 Å². The lowest BCUT2D eigenvalue weighted by molar-refractivity contribution is -0.177. The third kappa shape index (κ3) is 4.43. The number of alkyl halides is 3. The lowest BCUT2D eigenvalue weighted by Gasteiger charge is -2.28. The maximum atomic E-state index is 13.6. The van der Waals surface area contributed by atoms with E-state index in [2.05, 4.69) is 0 Å². The molecule has 3 N–H and O–H groups in total. The largest absolute Gasteiger partial charge is 0.480 e. The van der Waals surface area contributed by atoms with E-state index < -0.39 is 61.2 Å². The first-order valence-electron chi connectivity index (χ1n) is 10.5. The fourth-order valence-corrected chi connectivity index (χ4v) is 4.50. The molecule has 0 saturated carbocycles. The summed E-state index contributed by atoms with van der Waals surface area (Å²) in [5.74, 6) is -3.62. The SMILES string of the molecule is O=C(NC(C(=O)N1C[C@@H](O)C[C@H]1C(=O)O)C(F)(F)F)OCC1c2ccccc2-c2ccccc21. The molecule has 1 unspecified atom stereocenters. The Hall–Kier alpha value is -3.60. The van der Waals surface area contributed by atoms with Crippen molar-refractivity contribution < 1.29 is 42.5 Å². The molecule has 0 radical (unpaired) electrons. The zero-order valence-corrected chi connectivity index (χ0v) is 17.7. The predicted octanol–water partition coefficient (Wildman–Crippen LogP) is 2.50. The molecule has 0 spiro atoms. The molecule has 0 bridgehead atoms.